The van der Waals surface area contributed by atoms with Crippen LogP contribution in [0.5, 0.6) is 11.5 Å². The minimum atomic E-state index is -1.16. The summed E-state index contributed by atoms with van der Waals surface area (Å²) in [6.45, 7) is 1.31. The Morgan fingerprint density at radius 1 is 1.15 bits per heavy atom. The molecule has 1 heterocycles. The number of ether oxygens (including phenoxy) is 1. The summed E-state index contributed by atoms with van der Waals surface area (Å²) >= 11 is 0. The van der Waals surface area contributed by atoms with Crippen molar-refractivity contribution in [3.05, 3.63) is 65.4 Å². The van der Waals surface area contributed by atoms with Gasteiger partial charge in [-0.2, -0.15) is 0 Å². The van der Waals surface area contributed by atoms with Crippen LogP contribution in [0, 0.1) is 0 Å². The van der Waals surface area contributed by atoms with Crippen molar-refractivity contribution in [2.75, 3.05) is 6.54 Å². The Labute approximate surface area is 149 Å². The number of fused-ring (bicyclic) bond motifs is 1. The normalized spacial score (nSPS) is 15.7. The number of hydrogen-bond donors (Lipinski definition) is 4. The predicted octanol–water partition coefficient (Wildman–Crippen LogP) is 2.57. The molecule has 1 amide bonds. The van der Waals surface area contributed by atoms with Crippen LogP contribution in [0.25, 0.3) is 5.76 Å². The molecule has 1 aliphatic heterocycles. The zero-order valence-electron chi connectivity index (χ0n) is 14.0. The van der Waals surface area contributed by atoms with E-state index in [2.05, 4.69) is 10.6 Å². The summed E-state index contributed by atoms with van der Waals surface area (Å²) in [7, 11) is 0. The van der Waals surface area contributed by atoms with Crippen LogP contribution in [0.4, 0.5) is 0 Å². The zero-order chi connectivity index (χ0) is 18.7. The molecule has 4 N–H and O–H groups in total. The van der Waals surface area contributed by atoms with Gasteiger partial charge < -0.3 is 25.6 Å². The second kappa shape index (κ2) is 7.18. The number of carbonyl (C=O) groups excluding carboxylic acids is 1. The summed E-state index contributed by atoms with van der Waals surface area (Å²) in [4.78, 5) is 22.7. The third kappa shape index (κ3) is 3.61. The van der Waals surface area contributed by atoms with Crippen molar-refractivity contribution in [2.24, 2.45) is 0 Å². The lowest BCUT2D eigenvalue weighted by Crippen LogP contribution is -2.38. The van der Waals surface area contributed by atoms with E-state index in [4.69, 9.17) is 9.84 Å². The van der Waals surface area contributed by atoms with Crippen molar-refractivity contribution in [1.29, 1.82) is 0 Å². The molecule has 1 unspecified atom stereocenters. The number of carbonyl (C=O) groups is 2. The molecule has 0 aliphatic carbocycles. The van der Waals surface area contributed by atoms with Gasteiger partial charge in [-0.1, -0.05) is 18.2 Å². The summed E-state index contributed by atoms with van der Waals surface area (Å²) < 4.78 is 5.80. The zero-order valence-corrected chi connectivity index (χ0v) is 14.0. The molecule has 7 nitrogen and oxygen atoms in total. The minimum Gasteiger partial charge on any atom is -0.505 e. The molecule has 0 fully saturated rings. The number of benzene rings is 2. The lowest BCUT2D eigenvalue weighted by Gasteiger charge is -2.27. The average Bonchev–Trinajstić information content (AvgIpc) is 2.63. The lowest BCUT2D eigenvalue weighted by atomic mass is 9.94. The second-order valence-corrected chi connectivity index (χ2v) is 5.83. The Kier molecular flexibility index (Phi) is 4.79. The molecule has 0 radical (unpaired) electrons. The number of amides is 1. The molecular formula is C19H18N2O5. The monoisotopic (exact) mass is 354 g/mol. The highest BCUT2D eigenvalue weighted by Gasteiger charge is 2.28. The first-order chi connectivity index (χ1) is 12.5. The smallest absolute Gasteiger partial charge is 0.322 e. The highest BCUT2D eigenvalue weighted by Crippen LogP contribution is 2.34. The van der Waals surface area contributed by atoms with E-state index in [1.54, 1.807) is 18.2 Å². The number of nitrogens with one attached hydrogen (secondary N) is 2. The molecule has 1 atom stereocenters. The Bertz CT molecular complexity index is 877. The molecule has 1 aliphatic rings. The summed E-state index contributed by atoms with van der Waals surface area (Å²) in [6.07, 6.45) is 0. The first kappa shape index (κ1) is 17.3. The summed E-state index contributed by atoms with van der Waals surface area (Å²) in [5.41, 5.74) is 1.21. The van der Waals surface area contributed by atoms with E-state index in [9.17, 15) is 14.7 Å². The van der Waals surface area contributed by atoms with Crippen LogP contribution < -0.4 is 15.4 Å². The number of aliphatic carboxylic acids is 1. The molecule has 2 aromatic rings. The quantitative estimate of drug-likeness (QED) is 0.657. The molecule has 2 aromatic carbocycles. The van der Waals surface area contributed by atoms with E-state index >= 15 is 0 Å². The highest BCUT2D eigenvalue weighted by molar-refractivity contribution is 6.01. The van der Waals surface area contributed by atoms with Gasteiger partial charge in [-0.15, -0.1) is 0 Å². The van der Waals surface area contributed by atoms with Gasteiger partial charge in [0.25, 0.3) is 5.91 Å². The Morgan fingerprint density at radius 2 is 1.88 bits per heavy atom. The topological polar surface area (TPSA) is 108 Å². The fourth-order valence-electron chi connectivity index (χ4n) is 2.72. The number of aliphatic hydroxyl groups excluding tert-OH is 1. The summed E-state index contributed by atoms with van der Waals surface area (Å²) in [5, 5.41) is 24.2. The maximum Gasteiger partial charge on any atom is 0.322 e. The molecule has 0 aromatic heterocycles. The van der Waals surface area contributed by atoms with E-state index < -0.39 is 18.4 Å². The molecule has 0 bridgehead atoms. The van der Waals surface area contributed by atoms with E-state index in [1.807, 2.05) is 37.3 Å². The van der Waals surface area contributed by atoms with Crippen LogP contribution in [0.2, 0.25) is 0 Å². The largest absolute Gasteiger partial charge is 0.505 e. The molecule has 0 saturated carbocycles. The third-order valence-corrected chi connectivity index (χ3v) is 3.95. The summed E-state index contributed by atoms with van der Waals surface area (Å²) in [5.74, 6) is -0.766. The van der Waals surface area contributed by atoms with Crippen LogP contribution in [0.15, 0.2) is 54.2 Å². The Balaban J connectivity index is 1.87. The summed E-state index contributed by atoms with van der Waals surface area (Å²) in [6, 6.07) is 14.2. The highest BCUT2D eigenvalue weighted by atomic mass is 16.5. The van der Waals surface area contributed by atoms with E-state index in [0.717, 1.165) is 5.56 Å². The molecule has 26 heavy (non-hydrogen) atoms. The van der Waals surface area contributed by atoms with Gasteiger partial charge in [0.05, 0.1) is 0 Å². The van der Waals surface area contributed by atoms with Crippen LogP contribution in [-0.2, 0) is 9.59 Å². The van der Waals surface area contributed by atoms with Crippen LogP contribution in [0.1, 0.15) is 24.1 Å². The van der Waals surface area contributed by atoms with Gasteiger partial charge in [-0.3, -0.25) is 9.59 Å². The second-order valence-electron chi connectivity index (χ2n) is 5.83. The van der Waals surface area contributed by atoms with Crippen LogP contribution >= 0.6 is 0 Å². The average molecular weight is 354 g/mol. The van der Waals surface area contributed by atoms with Gasteiger partial charge in [0.1, 0.15) is 23.7 Å². The van der Waals surface area contributed by atoms with Crippen molar-refractivity contribution < 1.29 is 24.5 Å². The maximum absolute atomic E-state index is 12.1. The molecular weight excluding hydrogens is 336 g/mol. The fourth-order valence-corrected chi connectivity index (χ4v) is 2.72. The van der Waals surface area contributed by atoms with E-state index in [-0.39, 0.29) is 17.5 Å². The number of carboxylic acid groups (broad SMARTS) is 1. The minimum absolute atomic E-state index is 0.0528. The van der Waals surface area contributed by atoms with Gasteiger partial charge in [0.2, 0.25) is 0 Å². The number of para-hydroxylation sites is 1. The third-order valence-electron chi connectivity index (χ3n) is 3.95. The van der Waals surface area contributed by atoms with Crippen molar-refractivity contribution >= 4 is 17.6 Å². The van der Waals surface area contributed by atoms with Gasteiger partial charge in [-0.05, 0) is 42.8 Å². The fraction of sp³-hybridized carbons (Fsp3) is 0.158. The number of hydrogen-bond acceptors (Lipinski definition) is 5. The molecule has 7 heteroatoms. The number of aliphatic hydroxyl groups is 1. The van der Waals surface area contributed by atoms with E-state index in [1.165, 1.54) is 0 Å². The number of rotatable bonds is 5. The van der Waals surface area contributed by atoms with Crippen LogP contribution in [-0.4, -0.2) is 28.6 Å². The van der Waals surface area contributed by atoms with E-state index in [0.29, 0.717) is 17.1 Å². The van der Waals surface area contributed by atoms with Gasteiger partial charge in [0.15, 0.2) is 5.76 Å². The SMILES string of the molecule is CC1NC(C(=O)NCC(=O)O)=C(O)c2ccc(Oc3ccccc3)cc21. The number of carboxylic acids is 1. The van der Waals surface area contributed by atoms with Crippen molar-refractivity contribution in [3.63, 3.8) is 0 Å². The standard InChI is InChI=1S/C19H18N2O5/c1-11-15-9-13(26-12-5-3-2-4-6-12)7-8-14(15)18(24)17(21-11)19(25)20-10-16(22)23/h2-9,11,21,24H,10H2,1H3,(H,20,25)(H,22,23). The van der Waals surface area contributed by atoms with Gasteiger partial charge >= 0.3 is 5.97 Å². The molecule has 3 rings (SSSR count). The van der Waals surface area contributed by atoms with Gasteiger partial charge in [-0.25, -0.2) is 0 Å². The first-order valence-electron chi connectivity index (χ1n) is 8.02. The molecule has 0 spiro atoms. The van der Waals surface area contributed by atoms with Crippen molar-refractivity contribution in [1.82, 2.24) is 10.6 Å². The Hall–Kier alpha value is -3.48. The Morgan fingerprint density at radius 3 is 2.58 bits per heavy atom. The first-order valence-corrected chi connectivity index (χ1v) is 8.02. The van der Waals surface area contributed by atoms with Gasteiger partial charge in [0, 0.05) is 11.6 Å². The van der Waals surface area contributed by atoms with Crippen molar-refractivity contribution in [3.8, 4) is 11.5 Å². The maximum atomic E-state index is 12.1. The lowest BCUT2D eigenvalue weighted by molar-refractivity contribution is -0.137. The molecule has 0 saturated heterocycles. The van der Waals surface area contributed by atoms with Crippen LogP contribution in [0.3, 0.4) is 0 Å². The molecule has 134 valence electrons. The predicted molar refractivity (Wildman–Crippen MR) is 94.7 cm³/mol. The van der Waals surface area contributed by atoms with Crippen molar-refractivity contribution in [2.45, 2.75) is 13.0 Å².